The summed E-state index contributed by atoms with van der Waals surface area (Å²) in [6.45, 7) is 0.697. The molecule has 3 heteroatoms. The van der Waals surface area contributed by atoms with Crippen molar-refractivity contribution < 1.29 is 0 Å². The Bertz CT molecular complexity index is 149. The number of hydrogen-bond acceptors (Lipinski definition) is 2. The van der Waals surface area contributed by atoms with E-state index >= 15 is 0 Å². The Morgan fingerprint density at radius 3 is 2.88 bits per heavy atom. The third-order valence-corrected chi connectivity index (χ3v) is 1.11. The van der Waals surface area contributed by atoms with Crippen molar-refractivity contribution in [3.63, 3.8) is 0 Å². The molecule has 1 aliphatic rings. The highest BCUT2D eigenvalue weighted by Gasteiger charge is 1.95. The Morgan fingerprint density at radius 2 is 2.50 bits per heavy atom. The minimum atomic E-state index is 0.682. The van der Waals surface area contributed by atoms with Crippen LogP contribution in [0.25, 0.3) is 0 Å². The zero-order valence-electron chi connectivity index (χ0n) is 4.32. The van der Waals surface area contributed by atoms with E-state index in [1.54, 1.807) is 12.3 Å². The number of nitrogens with two attached hydrogens (primary N) is 1. The first-order chi connectivity index (χ1) is 3.79. The predicted octanol–water partition coefficient (Wildman–Crippen LogP) is 0.512. The summed E-state index contributed by atoms with van der Waals surface area (Å²) in [5, 5.41) is 3.65. The van der Waals surface area contributed by atoms with Crippen molar-refractivity contribution in [2.24, 2.45) is 5.73 Å². The molecule has 1 rings (SSSR count). The lowest BCUT2D eigenvalue weighted by Gasteiger charge is -2.05. The molecule has 0 spiro atoms. The van der Waals surface area contributed by atoms with Gasteiger partial charge in [0.15, 0.2) is 0 Å². The van der Waals surface area contributed by atoms with Gasteiger partial charge in [-0.1, -0.05) is 11.6 Å². The molecule has 0 atom stereocenters. The van der Waals surface area contributed by atoms with Crippen molar-refractivity contribution in [3.8, 4) is 0 Å². The molecule has 0 unspecified atom stereocenters. The SMILES string of the molecule is NC1=CNCC(Cl)=C1. The fourth-order valence-electron chi connectivity index (χ4n) is 0.540. The first-order valence-electron chi connectivity index (χ1n) is 2.34. The molecule has 0 aromatic rings. The van der Waals surface area contributed by atoms with E-state index in [1.807, 2.05) is 0 Å². The second kappa shape index (κ2) is 2.09. The minimum Gasteiger partial charge on any atom is -0.398 e. The third kappa shape index (κ3) is 1.17. The minimum absolute atomic E-state index is 0.682. The van der Waals surface area contributed by atoms with E-state index in [0.29, 0.717) is 12.2 Å². The third-order valence-electron chi connectivity index (χ3n) is 0.863. The molecule has 2 nitrogen and oxygen atoms in total. The Balaban J connectivity index is 2.69. The Hall–Kier alpha value is -0.630. The fourth-order valence-corrected chi connectivity index (χ4v) is 0.743. The van der Waals surface area contributed by atoms with Crippen molar-refractivity contribution in [1.29, 1.82) is 0 Å². The van der Waals surface area contributed by atoms with Crippen LogP contribution in [0.5, 0.6) is 0 Å². The molecule has 0 aliphatic carbocycles. The van der Waals surface area contributed by atoms with Crippen molar-refractivity contribution in [2.45, 2.75) is 0 Å². The quantitative estimate of drug-likeness (QED) is 0.502. The predicted molar refractivity (Wildman–Crippen MR) is 34.2 cm³/mol. The highest BCUT2D eigenvalue weighted by molar-refractivity contribution is 6.30. The van der Waals surface area contributed by atoms with E-state index in [-0.39, 0.29) is 0 Å². The maximum atomic E-state index is 5.59. The van der Waals surface area contributed by atoms with Gasteiger partial charge in [0, 0.05) is 16.9 Å². The lowest BCUT2D eigenvalue weighted by Crippen LogP contribution is -2.15. The molecular formula is C5H7ClN2. The molecule has 1 heterocycles. The number of halogens is 1. The first-order valence-corrected chi connectivity index (χ1v) is 2.72. The van der Waals surface area contributed by atoms with Crippen LogP contribution in [0.4, 0.5) is 0 Å². The van der Waals surface area contributed by atoms with Gasteiger partial charge < -0.3 is 11.1 Å². The molecule has 3 N–H and O–H groups in total. The van der Waals surface area contributed by atoms with Gasteiger partial charge in [-0.2, -0.15) is 0 Å². The normalized spacial score (nSPS) is 18.6. The molecule has 44 valence electrons. The van der Waals surface area contributed by atoms with Gasteiger partial charge in [-0.15, -0.1) is 0 Å². The maximum absolute atomic E-state index is 5.59. The van der Waals surface area contributed by atoms with Gasteiger partial charge in [-0.05, 0) is 6.08 Å². The van der Waals surface area contributed by atoms with Crippen LogP contribution in [0, 0.1) is 0 Å². The average Bonchev–Trinajstić information content (AvgIpc) is 1.64. The smallest absolute Gasteiger partial charge is 0.0503 e. The molecule has 0 amide bonds. The van der Waals surface area contributed by atoms with Gasteiger partial charge in [-0.3, -0.25) is 0 Å². The summed E-state index contributed by atoms with van der Waals surface area (Å²) in [4.78, 5) is 0. The van der Waals surface area contributed by atoms with Crippen LogP contribution in [0.2, 0.25) is 0 Å². The highest BCUT2D eigenvalue weighted by Crippen LogP contribution is 2.04. The van der Waals surface area contributed by atoms with Crippen LogP contribution in [0.3, 0.4) is 0 Å². The zero-order valence-corrected chi connectivity index (χ0v) is 5.07. The van der Waals surface area contributed by atoms with E-state index in [4.69, 9.17) is 17.3 Å². The summed E-state index contributed by atoms with van der Waals surface area (Å²) in [5.74, 6) is 0. The average molecular weight is 131 g/mol. The van der Waals surface area contributed by atoms with Gasteiger partial charge >= 0.3 is 0 Å². The van der Waals surface area contributed by atoms with Crippen LogP contribution in [-0.4, -0.2) is 6.54 Å². The summed E-state index contributed by atoms with van der Waals surface area (Å²) >= 11 is 5.59. The molecule has 1 aliphatic heterocycles. The Labute approximate surface area is 53.0 Å². The summed E-state index contributed by atoms with van der Waals surface area (Å²) in [7, 11) is 0. The van der Waals surface area contributed by atoms with E-state index in [0.717, 1.165) is 5.03 Å². The molecule has 0 radical (unpaired) electrons. The molecular weight excluding hydrogens is 124 g/mol. The standard InChI is InChI=1S/C5H7ClN2/c6-4-1-5(7)3-8-2-4/h1,3,8H,2,7H2. The van der Waals surface area contributed by atoms with Crippen LogP contribution in [0.15, 0.2) is 23.0 Å². The molecule has 8 heavy (non-hydrogen) atoms. The Morgan fingerprint density at radius 1 is 1.75 bits per heavy atom. The number of allylic oxidation sites excluding steroid dienone is 1. The van der Waals surface area contributed by atoms with Crippen molar-refractivity contribution in [2.75, 3.05) is 6.54 Å². The fraction of sp³-hybridized carbons (Fsp3) is 0.200. The monoisotopic (exact) mass is 130 g/mol. The van der Waals surface area contributed by atoms with Gasteiger partial charge in [0.05, 0.1) is 6.54 Å². The maximum Gasteiger partial charge on any atom is 0.0503 e. The van der Waals surface area contributed by atoms with Crippen molar-refractivity contribution in [1.82, 2.24) is 5.32 Å². The lowest BCUT2D eigenvalue weighted by atomic mass is 10.3. The summed E-state index contributed by atoms with van der Waals surface area (Å²) in [6.07, 6.45) is 3.46. The van der Waals surface area contributed by atoms with Crippen LogP contribution in [0.1, 0.15) is 0 Å². The second-order valence-electron chi connectivity index (χ2n) is 1.62. The van der Waals surface area contributed by atoms with Gasteiger partial charge in [0.2, 0.25) is 0 Å². The van der Waals surface area contributed by atoms with E-state index < -0.39 is 0 Å². The van der Waals surface area contributed by atoms with Crippen LogP contribution >= 0.6 is 11.6 Å². The Kier molecular flexibility index (Phi) is 1.44. The highest BCUT2D eigenvalue weighted by atomic mass is 35.5. The summed E-state index contributed by atoms with van der Waals surface area (Å²) in [6, 6.07) is 0. The molecule has 0 aromatic heterocycles. The summed E-state index contributed by atoms with van der Waals surface area (Å²) < 4.78 is 0. The first kappa shape index (κ1) is 5.51. The van der Waals surface area contributed by atoms with Crippen LogP contribution < -0.4 is 11.1 Å². The largest absolute Gasteiger partial charge is 0.398 e. The topological polar surface area (TPSA) is 38.0 Å². The van der Waals surface area contributed by atoms with Gasteiger partial charge in [0.1, 0.15) is 0 Å². The molecule has 0 saturated carbocycles. The molecule has 0 saturated heterocycles. The zero-order chi connectivity index (χ0) is 5.98. The summed E-state index contributed by atoms with van der Waals surface area (Å²) in [5.41, 5.74) is 6.04. The van der Waals surface area contributed by atoms with E-state index in [9.17, 15) is 0 Å². The lowest BCUT2D eigenvalue weighted by molar-refractivity contribution is 0.937. The van der Waals surface area contributed by atoms with E-state index in [1.165, 1.54) is 0 Å². The van der Waals surface area contributed by atoms with Gasteiger partial charge in [-0.25, -0.2) is 0 Å². The van der Waals surface area contributed by atoms with Crippen molar-refractivity contribution in [3.05, 3.63) is 23.0 Å². The number of nitrogens with one attached hydrogen (secondary N) is 1. The molecule has 0 aromatic carbocycles. The molecule has 0 bridgehead atoms. The number of rotatable bonds is 0. The number of dihydropyridines is 1. The van der Waals surface area contributed by atoms with Gasteiger partial charge in [0.25, 0.3) is 0 Å². The molecule has 0 fully saturated rings. The second-order valence-corrected chi connectivity index (χ2v) is 2.10. The van der Waals surface area contributed by atoms with Crippen molar-refractivity contribution >= 4 is 11.6 Å². The van der Waals surface area contributed by atoms with Crippen LogP contribution in [-0.2, 0) is 0 Å². The number of hydrogen-bond donors (Lipinski definition) is 2. The van der Waals surface area contributed by atoms with E-state index in [2.05, 4.69) is 5.32 Å².